The number of carbonyl (C=O) groups excluding carboxylic acids is 1. The molecule has 0 aliphatic heterocycles. The second kappa shape index (κ2) is 5.86. The fraction of sp³-hybridized carbons (Fsp3) is 0.900. The normalized spacial score (nSPS) is 11.2. The molecular weight excluding hydrogens is 182 g/mol. The van der Waals surface area contributed by atoms with Gasteiger partial charge in [0.1, 0.15) is 5.60 Å². The average Bonchev–Trinajstić information content (AvgIpc) is 2.01. The number of carbonyl (C=O) groups is 1. The molecule has 0 saturated carbocycles. The maximum absolute atomic E-state index is 11.5. The van der Waals surface area contributed by atoms with E-state index in [2.05, 4.69) is 0 Å². The van der Waals surface area contributed by atoms with E-state index in [1.165, 1.54) is 5.06 Å². The van der Waals surface area contributed by atoms with Crippen molar-refractivity contribution < 1.29 is 14.4 Å². The number of nitrogens with zero attached hydrogens (tertiary/aromatic N) is 1. The van der Waals surface area contributed by atoms with Crippen molar-refractivity contribution in [3.05, 3.63) is 0 Å². The molecule has 1 amide bonds. The predicted molar refractivity (Wildman–Crippen MR) is 54.9 cm³/mol. The Morgan fingerprint density at radius 3 is 2.21 bits per heavy atom. The number of amides is 1. The monoisotopic (exact) mass is 203 g/mol. The maximum Gasteiger partial charge on any atom is 0.434 e. The van der Waals surface area contributed by atoms with E-state index in [4.69, 9.17) is 9.57 Å². The van der Waals surface area contributed by atoms with Gasteiger partial charge in [0.25, 0.3) is 0 Å². The van der Waals surface area contributed by atoms with Gasteiger partial charge < -0.3 is 4.74 Å². The molecule has 0 bridgehead atoms. The molecule has 0 N–H and O–H groups in total. The Labute approximate surface area is 86.1 Å². The molecular formula is C10H21NO3. The Morgan fingerprint density at radius 2 is 1.86 bits per heavy atom. The van der Waals surface area contributed by atoms with Gasteiger partial charge in [-0.2, -0.15) is 5.06 Å². The van der Waals surface area contributed by atoms with Crippen molar-refractivity contribution in [3.63, 3.8) is 0 Å². The molecule has 0 rings (SSSR count). The van der Waals surface area contributed by atoms with E-state index < -0.39 is 11.7 Å². The Balaban J connectivity index is 4.14. The molecule has 0 aliphatic carbocycles. The Bertz CT molecular complexity index is 169. The van der Waals surface area contributed by atoms with Crippen molar-refractivity contribution in [2.24, 2.45) is 0 Å². The quantitative estimate of drug-likeness (QED) is 0.659. The minimum atomic E-state index is -0.472. The molecule has 0 aromatic carbocycles. The average molecular weight is 203 g/mol. The fourth-order valence-electron chi connectivity index (χ4n) is 0.880. The van der Waals surface area contributed by atoms with Gasteiger partial charge in [-0.3, -0.25) is 4.84 Å². The molecule has 0 aromatic heterocycles. The third-order valence-electron chi connectivity index (χ3n) is 1.31. The first-order valence-corrected chi connectivity index (χ1v) is 5.04. The number of rotatable bonds is 4. The lowest BCUT2D eigenvalue weighted by atomic mass is 10.2. The molecule has 0 atom stereocenters. The minimum Gasteiger partial charge on any atom is -0.442 e. The van der Waals surface area contributed by atoms with Crippen molar-refractivity contribution in [3.8, 4) is 0 Å². The molecule has 0 fully saturated rings. The summed E-state index contributed by atoms with van der Waals surface area (Å²) in [6.45, 7) is 10.4. The van der Waals surface area contributed by atoms with Crippen LogP contribution >= 0.6 is 0 Å². The van der Waals surface area contributed by atoms with Gasteiger partial charge in [-0.15, -0.1) is 0 Å². The summed E-state index contributed by atoms with van der Waals surface area (Å²) in [6, 6.07) is 0. The molecule has 4 nitrogen and oxygen atoms in total. The molecule has 0 heterocycles. The maximum atomic E-state index is 11.5. The standard InChI is InChI=1S/C10H21NO3/c1-6-8-11(13-7-2)9(12)14-10(3,4)5/h6-8H2,1-5H3. The van der Waals surface area contributed by atoms with Crippen LogP contribution in [-0.4, -0.2) is 29.9 Å². The lowest BCUT2D eigenvalue weighted by Gasteiger charge is -2.25. The van der Waals surface area contributed by atoms with Crippen LogP contribution in [0.5, 0.6) is 0 Å². The van der Waals surface area contributed by atoms with Crippen molar-refractivity contribution >= 4 is 6.09 Å². The van der Waals surface area contributed by atoms with E-state index in [0.29, 0.717) is 13.2 Å². The van der Waals surface area contributed by atoms with Crippen LogP contribution < -0.4 is 0 Å². The van der Waals surface area contributed by atoms with Crippen LogP contribution in [0.4, 0.5) is 4.79 Å². The number of hydrogen-bond donors (Lipinski definition) is 0. The SMILES string of the molecule is CCCN(OCC)C(=O)OC(C)(C)C. The Morgan fingerprint density at radius 1 is 1.29 bits per heavy atom. The molecule has 84 valence electrons. The molecule has 0 radical (unpaired) electrons. The summed E-state index contributed by atoms with van der Waals surface area (Å²) in [5.74, 6) is 0. The van der Waals surface area contributed by atoms with Crippen molar-refractivity contribution in [2.75, 3.05) is 13.2 Å². The number of hydrogen-bond acceptors (Lipinski definition) is 3. The van der Waals surface area contributed by atoms with Gasteiger partial charge in [-0.05, 0) is 34.1 Å². The highest BCUT2D eigenvalue weighted by Gasteiger charge is 2.21. The summed E-state index contributed by atoms with van der Waals surface area (Å²) in [5.41, 5.74) is -0.472. The van der Waals surface area contributed by atoms with Crippen molar-refractivity contribution in [1.29, 1.82) is 0 Å². The van der Waals surface area contributed by atoms with Crippen LogP contribution in [0.1, 0.15) is 41.0 Å². The molecule has 0 spiro atoms. The summed E-state index contributed by atoms with van der Waals surface area (Å²) in [4.78, 5) is 16.7. The van der Waals surface area contributed by atoms with Gasteiger partial charge in [-0.1, -0.05) is 6.92 Å². The highest BCUT2D eigenvalue weighted by atomic mass is 16.7. The third-order valence-corrected chi connectivity index (χ3v) is 1.31. The van der Waals surface area contributed by atoms with Gasteiger partial charge in [0, 0.05) is 0 Å². The molecule has 4 heteroatoms. The first-order chi connectivity index (χ1) is 6.40. The topological polar surface area (TPSA) is 38.8 Å². The van der Waals surface area contributed by atoms with Crippen molar-refractivity contribution in [1.82, 2.24) is 5.06 Å². The highest BCUT2D eigenvalue weighted by Crippen LogP contribution is 2.10. The summed E-state index contributed by atoms with van der Waals surface area (Å²) in [5, 5.41) is 1.27. The zero-order valence-corrected chi connectivity index (χ0v) is 9.79. The van der Waals surface area contributed by atoms with E-state index in [1.54, 1.807) is 0 Å². The molecule has 0 unspecified atom stereocenters. The number of ether oxygens (including phenoxy) is 1. The van der Waals surface area contributed by atoms with Crippen LogP contribution in [0, 0.1) is 0 Å². The van der Waals surface area contributed by atoms with Gasteiger partial charge in [0.15, 0.2) is 0 Å². The molecule has 0 aliphatic rings. The van der Waals surface area contributed by atoms with Crippen LogP contribution in [0.15, 0.2) is 0 Å². The minimum absolute atomic E-state index is 0.416. The summed E-state index contributed by atoms with van der Waals surface area (Å²) < 4.78 is 5.17. The fourth-order valence-corrected chi connectivity index (χ4v) is 0.880. The predicted octanol–water partition coefficient (Wildman–Crippen LogP) is 2.59. The first-order valence-electron chi connectivity index (χ1n) is 5.04. The van der Waals surface area contributed by atoms with E-state index in [-0.39, 0.29) is 0 Å². The van der Waals surface area contributed by atoms with Crippen LogP contribution in [0.25, 0.3) is 0 Å². The molecule has 0 aromatic rings. The first kappa shape index (κ1) is 13.2. The van der Waals surface area contributed by atoms with Gasteiger partial charge in [0.05, 0.1) is 13.2 Å². The van der Waals surface area contributed by atoms with Gasteiger partial charge in [0.2, 0.25) is 0 Å². The Kier molecular flexibility index (Phi) is 5.53. The van der Waals surface area contributed by atoms with E-state index in [0.717, 1.165) is 6.42 Å². The van der Waals surface area contributed by atoms with Gasteiger partial charge in [-0.25, -0.2) is 4.79 Å². The lowest BCUT2D eigenvalue weighted by molar-refractivity contribution is -0.143. The molecule has 14 heavy (non-hydrogen) atoms. The summed E-state index contributed by atoms with van der Waals surface area (Å²) in [6.07, 6.45) is 0.431. The van der Waals surface area contributed by atoms with Gasteiger partial charge >= 0.3 is 6.09 Å². The largest absolute Gasteiger partial charge is 0.442 e. The smallest absolute Gasteiger partial charge is 0.434 e. The second-order valence-corrected chi connectivity index (χ2v) is 4.00. The lowest BCUT2D eigenvalue weighted by Crippen LogP contribution is -2.37. The number of hydroxylamine groups is 2. The van der Waals surface area contributed by atoms with E-state index in [1.807, 2.05) is 34.6 Å². The summed E-state index contributed by atoms with van der Waals surface area (Å²) in [7, 11) is 0. The summed E-state index contributed by atoms with van der Waals surface area (Å²) >= 11 is 0. The zero-order valence-electron chi connectivity index (χ0n) is 9.79. The van der Waals surface area contributed by atoms with Crippen molar-refractivity contribution in [2.45, 2.75) is 46.6 Å². The van der Waals surface area contributed by atoms with Crippen LogP contribution in [-0.2, 0) is 9.57 Å². The van der Waals surface area contributed by atoms with E-state index >= 15 is 0 Å². The zero-order chi connectivity index (χ0) is 11.2. The second-order valence-electron chi connectivity index (χ2n) is 4.00. The van der Waals surface area contributed by atoms with Crippen LogP contribution in [0.3, 0.4) is 0 Å². The highest BCUT2D eigenvalue weighted by molar-refractivity contribution is 5.66. The van der Waals surface area contributed by atoms with Crippen LogP contribution in [0.2, 0.25) is 0 Å². The third kappa shape index (κ3) is 5.80. The van der Waals surface area contributed by atoms with E-state index in [9.17, 15) is 4.79 Å². The molecule has 0 saturated heterocycles. The Hall–Kier alpha value is -0.770.